The van der Waals surface area contributed by atoms with Gasteiger partial charge in [0.1, 0.15) is 12.1 Å². The zero-order chi connectivity index (χ0) is 23.0. The molecular weight excluding hydrogens is 396 g/mol. The van der Waals surface area contributed by atoms with Crippen LogP contribution in [0.15, 0.2) is 30.3 Å². The van der Waals surface area contributed by atoms with E-state index in [0.29, 0.717) is 18.9 Å². The summed E-state index contributed by atoms with van der Waals surface area (Å²) in [6, 6.07) is 7.98. The van der Waals surface area contributed by atoms with Crippen LogP contribution < -0.4 is 10.6 Å². The second-order valence-corrected chi connectivity index (χ2v) is 8.61. The van der Waals surface area contributed by atoms with Gasteiger partial charge in [-0.2, -0.15) is 0 Å². The van der Waals surface area contributed by atoms with E-state index in [4.69, 9.17) is 0 Å². The summed E-state index contributed by atoms with van der Waals surface area (Å²) in [6.45, 7) is 4.87. The monoisotopic (exact) mass is 432 g/mol. The van der Waals surface area contributed by atoms with Crippen LogP contribution in [-0.2, 0) is 20.8 Å². The van der Waals surface area contributed by atoms with Gasteiger partial charge in [-0.15, -0.1) is 0 Å². The van der Waals surface area contributed by atoms with E-state index in [-0.39, 0.29) is 37.2 Å². The van der Waals surface area contributed by atoms with E-state index in [1.807, 2.05) is 30.3 Å². The van der Waals surface area contributed by atoms with Crippen LogP contribution in [0.25, 0.3) is 0 Å². The lowest BCUT2D eigenvalue weighted by atomic mass is 10.0. The number of rotatable bonds is 10. The molecule has 0 aromatic heterocycles. The SMILES string of the molecule is CNCC(=O)N(C)[C@H](Cc1ccccc1)C(=O)N1C[C@@H](O)C[C@@H]1C(=O)NCCC(C)C. The third-order valence-electron chi connectivity index (χ3n) is 5.63. The summed E-state index contributed by atoms with van der Waals surface area (Å²) < 4.78 is 0. The second kappa shape index (κ2) is 11.8. The number of nitrogens with one attached hydrogen (secondary N) is 2. The maximum atomic E-state index is 13.6. The third kappa shape index (κ3) is 7.04. The highest BCUT2D eigenvalue weighted by molar-refractivity contribution is 5.93. The topological polar surface area (TPSA) is 102 Å². The van der Waals surface area contributed by atoms with E-state index in [9.17, 15) is 19.5 Å². The van der Waals surface area contributed by atoms with Gasteiger partial charge in [0.15, 0.2) is 0 Å². The number of likely N-dealkylation sites (tertiary alicyclic amines) is 1. The Bertz CT molecular complexity index is 740. The summed E-state index contributed by atoms with van der Waals surface area (Å²) >= 11 is 0. The number of benzene rings is 1. The molecule has 31 heavy (non-hydrogen) atoms. The Hall–Kier alpha value is -2.45. The average molecular weight is 433 g/mol. The Balaban J connectivity index is 2.21. The summed E-state index contributed by atoms with van der Waals surface area (Å²) in [5.41, 5.74) is 0.919. The molecule has 1 saturated heterocycles. The zero-order valence-electron chi connectivity index (χ0n) is 19.0. The lowest BCUT2D eigenvalue weighted by molar-refractivity contribution is -0.147. The van der Waals surface area contributed by atoms with Crippen molar-refractivity contribution in [2.45, 2.75) is 51.3 Å². The van der Waals surface area contributed by atoms with Crippen LogP contribution in [0, 0.1) is 5.92 Å². The minimum atomic E-state index is -0.764. The number of aliphatic hydroxyl groups excluding tert-OH is 1. The molecule has 3 amide bonds. The van der Waals surface area contributed by atoms with Gasteiger partial charge in [0.2, 0.25) is 17.7 Å². The Morgan fingerprint density at radius 1 is 1.23 bits per heavy atom. The van der Waals surface area contributed by atoms with Crippen LogP contribution in [0.1, 0.15) is 32.3 Å². The fraction of sp³-hybridized carbons (Fsp3) is 0.609. The van der Waals surface area contributed by atoms with Gasteiger partial charge in [0.25, 0.3) is 0 Å². The molecule has 0 unspecified atom stereocenters. The highest BCUT2D eigenvalue weighted by Crippen LogP contribution is 2.22. The minimum absolute atomic E-state index is 0.0838. The molecule has 0 spiro atoms. The first-order chi connectivity index (χ1) is 14.7. The molecule has 1 aromatic rings. The standard InChI is InChI=1S/C23H36N4O4/c1-16(2)10-11-25-22(30)19-13-18(28)15-27(19)23(31)20(26(4)21(29)14-24-3)12-17-8-6-5-7-9-17/h5-9,16,18-20,24,28H,10-15H2,1-4H3,(H,25,30)/t18-,19+,20+/m0/s1. The normalized spacial score (nSPS) is 19.4. The molecule has 0 aliphatic carbocycles. The zero-order valence-corrected chi connectivity index (χ0v) is 19.0. The molecule has 1 aromatic carbocycles. The van der Waals surface area contributed by atoms with Crippen molar-refractivity contribution < 1.29 is 19.5 Å². The molecular formula is C23H36N4O4. The first kappa shape index (κ1) is 24.8. The number of hydrogen-bond acceptors (Lipinski definition) is 5. The summed E-state index contributed by atoms with van der Waals surface area (Å²) in [5, 5.41) is 15.9. The van der Waals surface area contributed by atoms with Gasteiger partial charge in [-0.25, -0.2) is 0 Å². The van der Waals surface area contributed by atoms with Gasteiger partial charge in [-0.1, -0.05) is 44.2 Å². The number of aliphatic hydroxyl groups is 1. The molecule has 172 valence electrons. The molecule has 1 heterocycles. The van der Waals surface area contributed by atoms with Crippen LogP contribution in [0.3, 0.4) is 0 Å². The Labute approximate surface area is 185 Å². The maximum Gasteiger partial charge on any atom is 0.246 e. The number of hydrogen-bond donors (Lipinski definition) is 3. The van der Waals surface area contributed by atoms with E-state index >= 15 is 0 Å². The largest absolute Gasteiger partial charge is 0.391 e. The Kier molecular flexibility index (Phi) is 9.45. The van der Waals surface area contributed by atoms with E-state index in [0.717, 1.165) is 12.0 Å². The highest BCUT2D eigenvalue weighted by Gasteiger charge is 2.42. The molecule has 1 aliphatic heterocycles. The van der Waals surface area contributed by atoms with E-state index in [2.05, 4.69) is 24.5 Å². The lowest BCUT2D eigenvalue weighted by Gasteiger charge is -2.33. The molecule has 0 bridgehead atoms. The van der Waals surface area contributed by atoms with Crippen molar-refractivity contribution in [1.29, 1.82) is 0 Å². The first-order valence-corrected chi connectivity index (χ1v) is 10.9. The number of β-amino-alcohol motifs (C(OH)–C–C–N with tert-alkyl or cyclic N) is 1. The van der Waals surface area contributed by atoms with Crippen molar-refractivity contribution in [1.82, 2.24) is 20.4 Å². The van der Waals surface area contributed by atoms with Gasteiger partial charge in [0, 0.05) is 33.0 Å². The van der Waals surface area contributed by atoms with Crippen molar-refractivity contribution in [3.63, 3.8) is 0 Å². The van der Waals surface area contributed by atoms with E-state index < -0.39 is 18.2 Å². The number of likely N-dealkylation sites (N-methyl/N-ethyl adjacent to an activating group) is 2. The van der Waals surface area contributed by atoms with Crippen LogP contribution in [0.2, 0.25) is 0 Å². The molecule has 8 nitrogen and oxygen atoms in total. The second-order valence-electron chi connectivity index (χ2n) is 8.61. The predicted molar refractivity (Wildman–Crippen MR) is 119 cm³/mol. The van der Waals surface area contributed by atoms with Crippen molar-refractivity contribution in [2.24, 2.45) is 5.92 Å². The van der Waals surface area contributed by atoms with Gasteiger partial charge in [-0.05, 0) is 24.9 Å². The number of nitrogens with zero attached hydrogens (tertiary/aromatic N) is 2. The number of amides is 3. The molecule has 8 heteroatoms. The van der Waals surface area contributed by atoms with Crippen molar-refractivity contribution in [3.05, 3.63) is 35.9 Å². The molecule has 1 fully saturated rings. The number of carbonyl (C=O) groups is 3. The quantitative estimate of drug-likeness (QED) is 0.497. The molecule has 3 N–H and O–H groups in total. The third-order valence-corrected chi connectivity index (χ3v) is 5.63. The van der Waals surface area contributed by atoms with Crippen molar-refractivity contribution >= 4 is 17.7 Å². The van der Waals surface area contributed by atoms with Gasteiger partial charge in [0.05, 0.1) is 12.6 Å². The Morgan fingerprint density at radius 3 is 2.52 bits per heavy atom. The lowest BCUT2D eigenvalue weighted by Crippen LogP contribution is -2.55. The fourth-order valence-electron chi connectivity index (χ4n) is 3.78. The van der Waals surface area contributed by atoms with Crippen LogP contribution in [0.4, 0.5) is 0 Å². The molecule has 0 radical (unpaired) electrons. The van der Waals surface area contributed by atoms with Crippen LogP contribution >= 0.6 is 0 Å². The maximum absolute atomic E-state index is 13.6. The van der Waals surface area contributed by atoms with Gasteiger partial charge < -0.3 is 25.5 Å². The van der Waals surface area contributed by atoms with Gasteiger partial charge >= 0.3 is 0 Å². The van der Waals surface area contributed by atoms with E-state index in [1.54, 1.807) is 14.1 Å². The van der Waals surface area contributed by atoms with Gasteiger partial charge in [-0.3, -0.25) is 14.4 Å². The van der Waals surface area contributed by atoms with Crippen molar-refractivity contribution in [2.75, 3.05) is 33.7 Å². The molecule has 1 aliphatic rings. The van der Waals surface area contributed by atoms with Crippen LogP contribution in [0.5, 0.6) is 0 Å². The molecule has 3 atom stereocenters. The summed E-state index contributed by atoms with van der Waals surface area (Å²) in [6.07, 6.45) is 0.610. The van der Waals surface area contributed by atoms with E-state index in [1.165, 1.54) is 9.80 Å². The molecule has 2 rings (SSSR count). The van der Waals surface area contributed by atoms with Crippen LogP contribution in [-0.4, -0.2) is 84.5 Å². The predicted octanol–water partition coefficient (Wildman–Crippen LogP) is 0.400. The fourth-order valence-corrected chi connectivity index (χ4v) is 3.78. The molecule has 0 saturated carbocycles. The summed E-state index contributed by atoms with van der Waals surface area (Å²) in [4.78, 5) is 41.7. The Morgan fingerprint density at radius 2 is 1.90 bits per heavy atom. The minimum Gasteiger partial charge on any atom is -0.391 e. The first-order valence-electron chi connectivity index (χ1n) is 10.9. The highest BCUT2D eigenvalue weighted by atomic mass is 16.3. The van der Waals surface area contributed by atoms with Crippen molar-refractivity contribution in [3.8, 4) is 0 Å². The average Bonchev–Trinajstić information content (AvgIpc) is 3.13. The summed E-state index contributed by atoms with van der Waals surface area (Å²) in [5.74, 6) is -0.340. The summed E-state index contributed by atoms with van der Waals surface area (Å²) in [7, 11) is 3.28. The smallest absolute Gasteiger partial charge is 0.246 e. The number of carbonyl (C=O) groups excluding carboxylic acids is 3.